The highest BCUT2D eigenvalue weighted by molar-refractivity contribution is 9.10. The van der Waals surface area contributed by atoms with Crippen molar-refractivity contribution in [1.29, 1.82) is 0 Å². The molecule has 0 radical (unpaired) electrons. The second kappa shape index (κ2) is 7.00. The minimum atomic E-state index is -0.123. The second-order valence-corrected chi connectivity index (χ2v) is 7.16. The molecule has 0 spiro atoms. The summed E-state index contributed by atoms with van der Waals surface area (Å²) in [6, 6.07) is 8.08. The molecule has 1 amide bonds. The first kappa shape index (κ1) is 17.7. The molecule has 2 aromatic heterocycles. The number of carbonyl (C=O) groups is 1. The number of hydrogen-bond acceptors (Lipinski definition) is 2. The summed E-state index contributed by atoms with van der Waals surface area (Å²) in [6.07, 6.45) is 3.66. The van der Waals surface area contributed by atoms with Crippen LogP contribution in [0.1, 0.15) is 46.7 Å². The number of nitrogens with one attached hydrogen (secondary N) is 1. The normalized spacial score (nSPS) is 11.1. The van der Waals surface area contributed by atoms with E-state index in [0.717, 1.165) is 51.0 Å². The molecule has 0 atom stereocenters. The lowest BCUT2D eigenvalue weighted by Crippen LogP contribution is -2.18. The topological polar surface area (TPSA) is 46.4 Å². The molecular weight excluding hydrogens is 378 g/mol. The summed E-state index contributed by atoms with van der Waals surface area (Å²) in [5, 5.41) is 3.14. The Labute approximate surface area is 156 Å². The summed E-state index contributed by atoms with van der Waals surface area (Å²) in [6.45, 7) is 8.08. The van der Waals surface area contributed by atoms with Crippen LogP contribution in [-0.2, 0) is 12.8 Å². The molecule has 0 saturated heterocycles. The summed E-state index contributed by atoms with van der Waals surface area (Å²) in [5.74, 6) is -0.123. The Morgan fingerprint density at radius 2 is 1.80 bits per heavy atom. The minimum absolute atomic E-state index is 0.123. The number of anilines is 1. The Hall–Kier alpha value is -2.14. The van der Waals surface area contributed by atoms with Crippen molar-refractivity contribution >= 4 is 33.2 Å². The highest BCUT2D eigenvalue weighted by Crippen LogP contribution is 2.28. The predicted molar refractivity (Wildman–Crippen MR) is 106 cm³/mol. The van der Waals surface area contributed by atoms with E-state index in [1.165, 1.54) is 0 Å². The Bertz CT molecular complexity index is 934. The molecule has 0 unspecified atom stereocenters. The first-order chi connectivity index (χ1) is 11.9. The summed E-state index contributed by atoms with van der Waals surface area (Å²) in [5.41, 5.74) is 6.37. The molecule has 0 bridgehead atoms. The van der Waals surface area contributed by atoms with Crippen molar-refractivity contribution in [2.45, 2.75) is 40.5 Å². The van der Waals surface area contributed by atoms with Gasteiger partial charge in [0, 0.05) is 16.4 Å². The van der Waals surface area contributed by atoms with Gasteiger partial charge in [0.1, 0.15) is 11.3 Å². The van der Waals surface area contributed by atoms with Gasteiger partial charge in [0.15, 0.2) is 0 Å². The van der Waals surface area contributed by atoms with Crippen LogP contribution in [0.5, 0.6) is 0 Å². The molecule has 1 N–H and O–H groups in total. The van der Waals surface area contributed by atoms with Gasteiger partial charge in [-0.1, -0.05) is 35.8 Å². The van der Waals surface area contributed by atoms with Crippen LogP contribution in [0.15, 0.2) is 34.9 Å². The molecule has 0 fully saturated rings. The van der Waals surface area contributed by atoms with E-state index >= 15 is 0 Å². The van der Waals surface area contributed by atoms with Gasteiger partial charge in [0.05, 0.1) is 5.69 Å². The van der Waals surface area contributed by atoms with Gasteiger partial charge in [-0.05, 0) is 61.6 Å². The van der Waals surface area contributed by atoms with Crippen molar-refractivity contribution < 1.29 is 4.79 Å². The number of hydrogen-bond donors (Lipinski definition) is 1. The molecule has 130 valence electrons. The first-order valence-corrected chi connectivity index (χ1v) is 9.31. The number of imidazole rings is 1. The monoisotopic (exact) mass is 399 g/mol. The molecule has 3 rings (SSSR count). The van der Waals surface area contributed by atoms with Gasteiger partial charge >= 0.3 is 0 Å². The Morgan fingerprint density at radius 1 is 1.16 bits per heavy atom. The number of amides is 1. The molecule has 5 heteroatoms. The van der Waals surface area contributed by atoms with Crippen LogP contribution in [0.4, 0.5) is 5.69 Å². The molecule has 0 aliphatic heterocycles. The van der Waals surface area contributed by atoms with Crippen LogP contribution in [0.25, 0.3) is 5.65 Å². The quantitative estimate of drug-likeness (QED) is 0.663. The fourth-order valence-electron chi connectivity index (χ4n) is 3.16. The molecule has 25 heavy (non-hydrogen) atoms. The second-order valence-electron chi connectivity index (χ2n) is 6.24. The molecule has 0 aliphatic carbocycles. The zero-order valence-corrected chi connectivity index (χ0v) is 16.6. The maximum atomic E-state index is 13.1. The maximum absolute atomic E-state index is 13.1. The lowest BCUT2D eigenvalue weighted by atomic mass is 10.0. The highest BCUT2D eigenvalue weighted by Gasteiger charge is 2.19. The fourth-order valence-corrected chi connectivity index (χ4v) is 3.71. The average Bonchev–Trinajstić information content (AvgIpc) is 2.90. The molecular formula is C20H22BrN3O. The van der Waals surface area contributed by atoms with E-state index in [1.807, 2.05) is 36.6 Å². The first-order valence-electron chi connectivity index (χ1n) is 8.52. The van der Waals surface area contributed by atoms with Crippen LogP contribution < -0.4 is 5.32 Å². The van der Waals surface area contributed by atoms with Gasteiger partial charge < -0.3 is 5.32 Å². The average molecular weight is 400 g/mol. The van der Waals surface area contributed by atoms with Crippen molar-refractivity contribution in [3.05, 3.63) is 63.0 Å². The van der Waals surface area contributed by atoms with Crippen molar-refractivity contribution in [2.24, 2.45) is 0 Å². The molecule has 0 saturated carbocycles. The maximum Gasteiger partial charge on any atom is 0.274 e. The Morgan fingerprint density at radius 3 is 2.40 bits per heavy atom. The lowest BCUT2D eigenvalue weighted by Gasteiger charge is -2.15. The predicted octanol–water partition coefficient (Wildman–Crippen LogP) is 5.09. The largest absolute Gasteiger partial charge is 0.320 e. The number of nitrogens with zero attached hydrogens (tertiary/aromatic N) is 2. The van der Waals surface area contributed by atoms with Gasteiger partial charge in [0.2, 0.25) is 0 Å². The number of aromatic nitrogens is 2. The number of aryl methyl sites for hydroxylation is 4. The van der Waals surface area contributed by atoms with Crippen LogP contribution in [-0.4, -0.2) is 15.3 Å². The standard InChI is InChI=1S/C20H22BrN3O/c1-5-14-9-16(21)10-15(6-2)18(14)23-20(25)19-13(4)22-17-8-7-12(3)11-24(17)19/h7-11H,5-6H2,1-4H3,(H,23,25). The van der Waals surface area contributed by atoms with Gasteiger partial charge in [-0.15, -0.1) is 0 Å². The number of halogens is 1. The Balaban J connectivity index is 2.07. The molecule has 0 aliphatic rings. The third kappa shape index (κ3) is 3.33. The van der Waals surface area contributed by atoms with Crippen molar-refractivity contribution in [3.63, 3.8) is 0 Å². The number of benzene rings is 1. The Kier molecular flexibility index (Phi) is 4.95. The summed E-state index contributed by atoms with van der Waals surface area (Å²) in [4.78, 5) is 17.6. The zero-order valence-electron chi connectivity index (χ0n) is 15.0. The van der Waals surface area contributed by atoms with Gasteiger partial charge in [-0.25, -0.2) is 4.98 Å². The fraction of sp³-hybridized carbons (Fsp3) is 0.300. The summed E-state index contributed by atoms with van der Waals surface area (Å²) < 4.78 is 2.91. The SMILES string of the molecule is CCc1cc(Br)cc(CC)c1NC(=O)c1c(C)nc2ccc(C)cn12. The number of carbonyl (C=O) groups excluding carboxylic acids is 1. The summed E-state index contributed by atoms with van der Waals surface area (Å²) in [7, 11) is 0. The van der Waals surface area contributed by atoms with Gasteiger partial charge in [0.25, 0.3) is 5.91 Å². The number of rotatable bonds is 4. The van der Waals surface area contributed by atoms with Crippen molar-refractivity contribution in [1.82, 2.24) is 9.38 Å². The molecule has 2 heterocycles. The zero-order chi connectivity index (χ0) is 18.1. The van der Waals surface area contributed by atoms with E-state index in [1.54, 1.807) is 0 Å². The van der Waals surface area contributed by atoms with E-state index in [-0.39, 0.29) is 5.91 Å². The third-order valence-electron chi connectivity index (χ3n) is 4.42. The van der Waals surface area contributed by atoms with E-state index in [4.69, 9.17) is 0 Å². The number of pyridine rings is 1. The van der Waals surface area contributed by atoms with Crippen LogP contribution in [0.3, 0.4) is 0 Å². The smallest absolute Gasteiger partial charge is 0.274 e. The molecule has 4 nitrogen and oxygen atoms in total. The molecule has 3 aromatic rings. The van der Waals surface area contributed by atoms with E-state index in [0.29, 0.717) is 5.69 Å². The van der Waals surface area contributed by atoms with Crippen LogP contribution in [0.2, 0.25) is 0 Å². The van der Waals surface area contributed by atoms with Gasteiger partial charge in [-0.2, -0.15) is 0 Å². The minimum Gasteiger partial charge on any atom is -0.320 e. The number of fused-ring (bicyclic) bond motifs is 1. The van der Waals surface area contributed by atoms with Crippen LogP contribution in [0, 0.1) is 13.8 Å². The highest BCUT2D eigenvalue weighted by atomic mass is 79.9. The lowest BCUT2D eigenvalue weighted by molar-refractivity contribution is 0.102. The van der Waals surface area contributed by atoms with Gasteiger partial charge in [-0.3, -0.25) is 9.20 Å². The molecule has 1 aromatic carbocycles. The summed E-state index contributed by atoms with van der Waals surface area (Å²) >= 11 is 3.56. The van der Waals surface area contributed by atoms with E-state index < -0.39 is 0 Å². The third-order valence-corrected chi connectivity index (χ3v) is 4.88. The van der Waals surface area contributed by atoms with Crippen molar-refractivity contribution in [3.8, 4) is 0 Å². The van der Waals surface area contributed by atoms with Crippen LogP contribution >= 0.6 is 15.9 Å². The van der Waals surface area contributed by atoms with E-state index in [2.05, 4.69) is 52.2 Å². The van der Waals surface area contributed by atoms with E-state index in [9.17, 15) is 4.79 Å². The van der Waals surface area contributed by atoms with Crippen molar-refractivity contribution in [2.75, 3.05) is 5.32 Å².